The minimum atomic E-state index is -3.50. The summed E-state index contributed by atoms with van der Waals surface area (Å²) in [5, 5.41) is -0.0286. The summed E-state index contributed by atoms with van der Waals surface area (Å²) in [5.41, 5.74) is 6.01. The predicted octanol–water partition coefficient (Wildman–Crippen LogP) is 0.704. The second-order valence-electron chi connectivity index (χ2n) is 4.06. The molecule has 0 aliphatic carbocycles. The molecule has 1 rings (SSSR count). The molecule has 0 bridgehead atoms. The molecule has 0 fully saturated rings. The van der Waals surface area contributed by atoms with Crippen LogP contribution in [0.15, 0.2) is 29.2 Å². The zero-order valence-electron chi connectivity index (χ0n) is 10.4. The Morgan fingerprint density at radius 3 is 2.39 bits per heavy atom. The van der Waals surface area contributed by atoms with Gasteiger partial charge in [0.2, 0.25) is 10.0 Å². The highest BCUT2D eigenvalue weighted by molar-refractivity contribution is 7.89. The molecule has 1 aromatic rings. The van der Waals surface area contributed by atoms with E-state index in [0.29, 0.717) is 12.1 Å². The quantitative estimate of drug-likeness (QED) is 0.755. The standard InChI is InChI=1S/C11H18N2O3S2/c1-9(17(2)14)7-8-13-18(15,16)11-5-3-10(12)4-6-11/h3-6,9,13H,7-8,12H2,1-2H3. The molecule has 7 heteroatoms. The Bertz CT molecular complexity index is 512. The van der Waals surface area contributed by atoms with Crippen LogP contribution >= 0.6 is 0 Å². The number of nitrogen functional groups attached to an aromatic ring is 1. The van der Waals surface area contributed by atoms with E-state index >= 15 is 0 Å². The third kappa shape index (κ3) is 4.40. The van der Waals surface area contributed by atoms with E-state index in [1.807, 2.05) is 6.92 Å². The molecule has 2 unspecified atom stereocenters. The van der Waals surface area contributed by atoms with Gasteiger partial charge in [-0.3, -0.25) is 4.21 Å². The zero-order chi connectivity index (χ0) is 13.8. The summed E-state index contributed by atoms with van der Waals surface area (Å²) in [6.07, 6.45) is 2.15. The molecule has 0 saturated heterocycles. The topological polar surface area (TPSA) is 89.3 Å². The van der Waals surface area contributed by atoms with Crippen molar-refractivity contribution >= 4 is 26.5 Å². The van der Waals surface area contributed by atoms with Gasteiger partial charge >= 0.3 is 0 Å². The smallest absolute Gasteiger partial charge is 0.240 e. The highest BCUT2D eigenvalue weighted by Gasteiger charge is 2.14. The maximum atomic E-state index is 11.9. The van der Waals surface area contributed by atoms with Crippen molar-refractivity contribution in [2.24, 2.45) is 0 Å². The maximum Gasteiger partial charge on any atom is 0.240 e. The zero-order valence-corrected chi connectivity index (χ0v) is 12.1. The minimum Gasteiger partial charge on any atom is -0.399 e. The van der Waals surface area contributed by atoms with Crippen molar-refractivity contribution < 1.29 is 12.6 Å². The van der Waals surface area contributed by atoms with E-state index in [4.69, 9.17) is 5.73 Å². The molecule has 0 aliphatic rings. The van der Waals surface area contributed by atoms with Crippen LogP contribution in [0.4, 0.5) is 5.69 Å². The summed E-state index contributed by atoms with van der Waals surface area (Å²) < 4.78 is 37.3. The van der Waals surface area contributed by atoms with Crippen molar-refractivity contribution in [3.63, 3.8) is 0 Å². The van der Waals surface area contributed by atoms with Crippen LogP contribution in [-0.4, -0.2) is 30.7 Å². The first kappa shape index (κ1) is 15.1. The lowest BCUT2D eigenvalue weighted by atomic mass is 10.3. The molecule has 2 atom stereocenters. The second-order valence-corrected chi connectivity index (χ2v) is 7.63. The number of nitrogens with two attached hydrogens (primary N) is 1. The lowest BCUT2D eigenvalue weighted by molar-refractivity contribution is 0.578. The molecule has 0 saturated carbocycles. The Morgan fingerprint density at radius 1 is 1.33 bits per heavy atom. The molecule has 0 radical (unpaired) electrons. The molecule has 1 aromatic carbocycles. The van der Waals surface area contributed by atoms with E-state index in [0.717, 1.165) is 0 Å². The molecular formula is C11H18N2O3S2. The summed E-state index contributed by atoms with van der Waals surface area (Å²) in [5.74, 6) is 0. The lowest BCUT2D eigenvalue weighted by Gasteiger charge is -2.10. The van der Waals surface area contributed by atoms with Crippen LogP contribution < -0.4 is 10.5 Å². The van der Waals surface area contributed by atoms with Gasteiger partial charge in [-0.25, -0.2) is 13.1 Å². The van der Waals surface area contributed by atoms with Gasteiger partial charge in [-0.05, 0) is 30.7 Å². The van der Waals surface area contributed by atoms with E-state index in [9.17, 15) is 12.6 Å². The van der Waals surface area contributed by atoms with Crippen molar-refractivity contribution in [2.75, 3.05) is 18.5 Å². The first-order valence-electron chi connectivity index (χ1n) is 5.50. The van der Waals surface area contributed by atoms with Gasteiger partial charge in [0.1, 0.15) is 0 Å². The molecule has 102 valence electrons. The van der Waals surface area contributed by atoms with E-state index in [2.05, 4.69) is 4.72 Å². The largest absolute Gasteiger partial charge is 0.399 e. The molecule has 18 heavy (non-hydrogen) atoms. The molecule has 0 aromatic heterocycles. The average molecular weight is 290 g/mol. The number of hydrogen-bond donors (Lipinski definition) is 2. The van der Waals surface area contributed by atoms with Gasteiger partial charge in [-0.1, -0.05) is 6.92 Å². The van der Waals surface area contributed by atoms with Crippen molar-refractivity contribution in [1.29, 1.82) is 0 Å². The summed E-state index contributed by atoms with van der Waals surface area (Å²) in [4.78, 5) is 0.182. The number of anilines is 1. The van der Waals surface area contributed by atoms with Gasteiger partial charge in [0, 0.05) is 34.5 Å². The first-order valence-corrected chi connectivity index (χ1v) is 8.61. The number of sulfonamides is 1. The highest BCUT2D eigenvalue weighted by atomic mass is 32.2. The molecule has 3 N–H and O–H groups in total. The number of nitrogens with one attached hydrogen (secondary N) is 1. The van der Waals surface area contributed by atoms with E-state index in [1.54, 1.807) is 6.26 Å². The molecule has 0 amide bonds. The normalized spacial score (nSPS) is 15.2. The van der Waals surface area contributed by atoms with Gasteiger partial charge in [0.05, 0.1) is 4.90 Å². The fraction of sp³-hybridized carbons (Fsp3) is 0.455. The van der Waals surface area contributed by atoms with E-state index in [1.165, 1.54) is 24.3 Å². The third-order valence-corrected chi connectivity index (χ3v) is 5.45. The molecular weight excluding hydrogens is 272 g/mol. The van der Waals surface area contributed by atoms with E-state index < -0.39 is 20.8 Å². The predicted molar refractivity (Wildman–Crippen MR) is 74.2 cm³/mol. The Balaban J connectivity index is 2.60. The average Bonchev–Trinajstić information content (AvgIpc) is 2.29. The Kier molecular flexibility index (Phi) is 5.30. The molecule has 0 spiro atoms. The van der Waals surface area contributed by atoms with Crippen molar-refractivity contribution in [3.8, 4) is 0 Å². The van der Waals surface area contributed by atoms with Gasteiger partial charge in [-0.2, -0.15) is 0 Å². The van der Waals surface area contributed by atoms with Crippen LogP contribution in [0.25, 0.3) is 0 Å². The fourth-order valence-corrected chi connectivity index (χ4v) is 2.79. The van der Waals surface area contributed by atoms with Gasteiger partial charge in [-0.15, -0.1) is 0 Å². The van der Waals surface area contributed by atoms with Crippen molar-refractivity contribution in [3.05, 3.63) is 24.3 Å². The highest BCUT2D eigenvalue weighted by Crippen LogP contribution is 2.11. The third-order valence-electron chi connectivity index (χ3n) is 2.60. The Morgan fingerprint density at radius 2 is 1.89 bits per heavy atom. The van der Waals surface area contributed by atoms with Crippen LogP contribution in [0.5, 0.6) is 0 Å². The molecule has 5 nitrogen and oxygen atoms in total. The molecule has 0 heterocycles. The summed E-state index contributed by atoms with van der Waals surface area (Å²) in [7, 11) is -4.44. The minimum absolute atomic E-state index is 0.0286. The van der Waals surface area contributed by atoms with Crippen molar-refractivity contribution in [2.45, 2.75) is 23.5 Å². The first-order chi connectivity index (χ1) is 8.33. The fourth-order valence-electron chi connectivity index (χ4n) is 1.29. The Hall–Kier alpha value is -0.920. The summed E-state index contributed by atoms with van der Waals surface area (Å²) in [6, 6.07) is 5.99. The van der Waals surface area contributed by atoms with Crippen LogP contribution in [0.3, 0.4) is 0 Å². The maximum absolute atomic E-state index is 11.9. The summed E-state index contributed by atoms with van der Waals surface area (Å²) >= 11 is 0. The van der Waals surface area contributed by atoms with Crippen LogP contribution in [0.2, 0.25) is 0 Å². The molecule has 0 aliphatic heterocycles. The second kappa shape index (κ2) is 6.31. The Labute approximate surface area is 110 Å². The monoisotopic (exact) mass is 290 g/mol. The number of hydrogen-bond acceptors (Lipinski definition) is 4. The van der Waals surface area contributed by atoms with E-state index in [-0.39, 0.29) is 16.7 Å². The van der Waals surface area contributed by atoms with Crippen LogP contribution in [0.1, 0.15) is 13.3 Å². The van der Waals surface area contributed by atoms with Gasteiger partial charge in [0.15, 0.2) is 0 Å². The SMILES string of the molecule is CC(CCNS(=O)(=O)c1ccc(N)cc1)S(C)=O. The van der Waals surface area contributed by atoms with Crippen molar-refractivity contribution in [1.82, 2.24) is 4.72 Å². The lowest BCUT2D eigenvalue weighted by Crippen LogP contribution is -2.27. The van der Waals surface area contributed by atoms with Crippen LogP contribution in [-0.2, 0) is 20.8 Å². The van der Waals surface area contributed by atoms with Gasteiger partial charge < -0.3 is 5.73 Å². The van der Waals surface area contributed by atoms with Crippen LogP contribution in [0, 0.1) is 0 Å². The summed E-state index contributed by atoms with van der Waals surface area (Å²) in [6.45, 7) is 2.10. The van der Waals surface area contributed by atoms with Gasteiger partial charge in [0.25, 0.3) is 0 Å². The number of benzene rings is 1. The number of rotatable bonds is 6.